The van der Waals surface area contributed by atoms with Gasteiger partial charge in [0.15, 0.2) is 0 Å². The van der Waals surface area contributed by atoms with Gasteiger partial charge in [0.1, 0.15) is 0 Å². The van der Waals surface area contributed by atoms with Crippen molar-refractivity contribution in [2.75, 3.05) is 0 Å². The van der Waals surface area contributed by atoms with E-state index in [-0.39, 0.29) is 0 Å². The first-order valence-corrected chi connectivity index (χ1v) is 20.0. The summed E-state index contributed by atoms with van der Waals surface area (Å²) in [5, 5.41) is 7.25. The molecule has 4 heteroatoms. The number of hydrogen-bond acceptors (Lipinski definition) is 2. The number of aromatic nitrogens is 4. The van der Waals surface area contributed by atoms with Crippen LogP contribution in [0.5, 0.6) is 0 Å². The molecule has 11 aromatic rings. The highest BCUT2D eigenvalue weighted by Gasteiger charge is 2.23. The van der Waals surface area contributed by atoms with Crippen LogP contribution in [0.15, 0.2) is 188 Å². The van der Waals surface area contributed by atoms with Crippen molar-refractivity contribution in [1.82, 2.24) is 19.1 Å². The summed E-state index contributed by atoms with van der Waals surface area (Å²) in [6.07, 6.45) is 6.50. The Morgan fingerprint density at radius 2 is 1.03 bits per heavy atom. The van der Waals surface area contributed by atoms with Gasteiger partial charge in [-0.25, -0.2) is 9.97 Å². The first-order valence-electron chi connectivity index (χ1n) is 20.0. The summed E-state index contributed by atoms with van der Waals surface area (Å²) < 4.78 is 4.68. The third-order valence-corrected chi connectivity index (χ3v) is 12.0. The number of benzene rings is 8. The van der Waals surface area contributed by atoms with E-state index in [0.717, 1.165) is 40.5 Å². The Morgan fingerprint density at radius 1 is 0.414 bits per heavy atom. The van der Waals surface area contributed by atoms with Crippen molar-refractivity contribution in [2.24, 2.45) is 0 Å². The second-order valence-corrected chi connectivity index (χ2v) is 15.3. The van der Waals surface area contributed by atoms with Crippen molar-refractivity contribution in [3.8, 4) is 45.1 Å². The van der Waals surface area contributed by atoms with Crippen LogP contribution in [-0.2, 0) is 6.42 Å². The van der Waals surface area contributed by atoms with E-state index < -0.39 is 0 Å². The normalized spacial score (nSPS) is 12.6. The minimum atomic E-state index is 0.705. The van der Waals surface area contributed by atoms with E-state index in [2.05, 4.69) is 203 Å². The summed E-state index contributed by atoms with van der Waals surface area (Å²) >= 11 is 0. The van der Waals surface area contributed by atoms with Crippen molar-refractivity contribution in [1.29, 1.82) is 0 Å². The van der Waals surface area contributed by atoms with Crippen molar-refractivity contribution in [3.05, 3.63) is 199 Å². The zero-order valence-electron chi connectivity index (χ0n) is 31.7. The lowest BCUT2D eigenvalue weighted by Crippen LogP contribution is -2.08. The van der Waals surface area contributed by atoms with Gasteiger partial charge in [-0.1, -0.05) is 140 Å². The van der Waals surface area contributed by atoms with E-state index in [4.69, 9.17) is 9.97 Å². The monoisotopic (exact) mass is 740 g/mol. The van der Waals surface area contributed by atoms with E-state index in [1.54, 1.807) is 0 Å². The fourth-order valence-electron chi connectivity index (χ4n) is 9.21. The molecule has 0 bridgehead atoms. The van der Waals surface area contributed by atoms with Crippen LogP contribution in [0, 0.1) is 0 Å². The second kappa shape index (κ2) is 13.0. The molecule has 0 saturated heterocycles. The van der Waals surface area contributed by atoms with E-state index in [0.29, 0.717) is 5.95 Å². The molecule has 1 aliphatic rings. The molecule has 58 heavy (non-hydrogen) atoms. The van der Waals surface area contributed by atoms with E-state index in [1.807, 2.05) is 0 Å². The molecule has 4 nitrogen and oxygen atoms in total. The summed E-state index contributed by atoms with van der Waals surface area (Å²) in [5.41, 5.74) is 14.9. The van der Waals surface area contributed by atoms with E-state index in [1.165, 1.54) is 77.2 Å². The Morgan fingerprint density at radius 3 is 1.88 bits per heavy atom. The molecule has 0 spiro atoms. The maximum atomic E-state index is 5.41. The zero-order valence-corrected chi connectivity index (χ0v) is 31.7. The number of allylic oxidation sites excluding steroid dienone is 1. The molecule has 0 radical (unpaired) electrons. The third kappa shape index (κ3) is 5.15. The number of nitrogens with zero attached hydrogens (tertiary/aromatic N) is 4. The molecule has 12 rings (SSSR count). The first-order chi connectivity index (χ1) is 28.7. The minimum Gasteiger partial charge on any atom is -0.309 e. The summed E-state index contributed by atoms with van der Waals surface area (Å²) in [5.74, 6) is 0.705. The molecule has 0 unspecified atom stereocenters. The lowest BCUT2D eigenvalue weighted by atomic mass is 9.98. The fraction of sp³-hybridized carbons (Fsp3) is 0.0370. The largest absolute Gasteiger partial charge is 0.309 e. The molecule has 0 N–H and O–H groups in total. The van der Waals surface area contributed by atoms with Gasteiger partial charge in [-0.3, -0.25) is 4.57 Å². The molecule has 0 atom stereocenters. The maximum absolute atomic E-state index is 5.41. The maximum Gasteiger partial charge on any atom is 0.235 e. The van der Waals surface area contributed by atoms with Gasteiger partial charge < -0.3 is 4.57 Å². The topological polar surface area (TPSA) is 35.6 Å². The quantitative estimate of drug-likeness (QED) is 0.176. The number of fused-ring (bicyclic) bond motifs is 8. The minimum absolute atomic E-state index is 0.705. The Bertz CT molecular complexity index is 3440. The fourth-order valence-corrected chi connectivity index (χ4v) is 9.21. The highest BCUT2D eigenvalue weighted by molar-refractivity contribution is 6.11. The smallest absolute Gasteiger partial charge is 0.235 e. The Hall–Kier alpha value is -7.56. The highest BCUT2D eigenvalue weighted by Crippen LogP contribution is 2.40. The van der Waals surface area contributed by atoms with Gasteiger partial charge in [0.2, 0.25) is 5.95 Å². The molecule has 0 aliphatic heterocycles. The van der Waals surface area contributed by atoms with Crippen LogP contribution in [0.3, 0.4) is 0 Å². The molecular formula is C54H36N4. The van der Waals surface area contributed by atoms with Gasteiger partial charge in [-0.05, 0) is 100 Å². The Kier molecular flexibility index (Phi) is 7.32. The van der Waals surface area contributed by atoms with Crippen molar-refractivity contribution < 1.29 is 0 Å². The van der Waals surface area contributed by atoms with Crippen LogP contribution in [0.25, 0.3) is 106 Å². The Labute approximate surface area is 335 Å². The number of hydrogen-bond donors (Lipinski definition) is 0. The van der Waals surface area contributed by atoms with Crippen molar-refractivity contribution >= 4 is 60.5 Å². The van der Waals surface area contributed by atoms with Gasteiger partial charge in [-0.15, -0.1) is 0 Å². The van der Waals surface area contributed by atoms with Gasteiger partial charge >= 0.3 is 0 Å². The third-order valence-electron chi connectivity index (χ3n) is 12.0. The molecule has 3 aromatic heterocycles. The highest BCUT2D eigenvalue weighted by atomic mass is 15.2. The lowest BCUT2D eigenvalue weighted by Gasteiger charge is -2.15. The molecule has 8 aromatic carbocycles. The predicted molar refractivity (Wildman–Crippen MR) is 242 cm³/mol. The van der Waals surface area contributed by atoms with Crippen LogP contribution >= 0.6 is 0 Å². The zero-order chi connectivity index (χ0) is 38.2. The summed E-state index contributed by atoms with van der Waals surface area (Å²) in [4.78, 5) is 10.7. The molecule has 272 valence electrons. The van der Waals surface area contributed by atoms with Crippen LogP contribution in [0.2, 0.25) is 0 Å². The van der Waals surface area contributed by atoms with E-state index in [9.17, 15) is 0 Å². The van der Waals surface area contributed by atoms with Crippen molar-refractivity contribution in [3.63, 3.8) is 0 Å². The average Bonchev–Trinajstić information content (AvgIpc) is 3.81. The van der Waals surface area contributed by atoms with E-state index >= 15 is 0 Å². The standard InChI is InChI=1S/C54H36N4/c1-2-14-42(15-3-1)57-49-20-10-7-16-43(49)46-33-40(28-30-51(46)57)41-29-31-52-47(34-41)44-17-8-11-21-50(44)58(52)54-55-48-19-9-6-18-45(48)53(56-54)37-25-22-36(23-26-37)39-27-24-35-12-4-5-13-38(35)32-39/h1-10,12-20,22-34H,11,21H2. The van der Waals surface area contributed by atoms with Crippen LogP contribution in [-0.4, -0.2) is 19.1 Å². The summed E-state index contributed by atoms with van der Waals surface area (Å²) in [6, 6.07) is 65.6. The second-order valence-electron chi connectivity index (χ2n) is 15.3. The van der Waals surface area contributed by atoms with Crippen molar-refractivity contribution in [2.45, 2.75) is 12.8 Å². The molecule has 1 aliphatic carbocycles. The van der Waals surface area contributed by atoms with Crippen LogP contribution < -0.4 is 0 Å². The summed E-state index contributed by atoms with van der Waals surface area (Å²) in [6.45, 7) is 0. The van der Waals surface area contributed by atoms with Gasteiger partial charge in [-0.2, -0.15) is 0 Å². The lowest BCUT2D eigenvalue weighted by molar-refractivity contribution is 0.852. The average molecular weight is 741 g/mol. The molecule has 0 fully saturated rings. The van der Waals surface area contributed by atoms with Crippen LogP contribution in [0.1, 0.15) is 17.7 Å². The predicted octanol–water partition coefficient (Wildman–Crippen LogP) is 13.8. The SMILES string of the molecule is C1=Cc2c(n(-c3nc(-c4ccc(-c5ccc6ccccc6c5)cc4)c4ccccc4n3)c3ccc(-c4ccc5c(c4)c4ccccc4n5-c4ccccc4)cc23)CC1. The summed E-state index contributed by atoms with van der Waals surface area (Å²) in [7, 11) is 0. The number of para-hydroxylation sites is 3. The molecule has 3 heterocycles. The van der Waals surface area contributed by atoms with Gasteiger partial charge in [0.05, 0.1) is 27.8 Å². The number of rotatable bonds is 5. The van der Waals surface area contributed by atoms with Crippen LogP contribution in [0.4, 0.5) is 0 Å². The van der Waals surface area contributed by atoms with Gasteiger partial charge in [0.25, 0.3) is 0 Å². The molecular weight excluding hydrogens is 705 g/mol. The van der Waals surface area contributed by atoms with Gasteiger partial charge in [0, 0.05) is 44.1 Å². The Balaban J connectivity index is 0.985. The first kappa shape index (κ1) is 32.7. The molecule has 0 amide bonds. The molecule has 0 saturated carbocycles.